The summed E-state index contributed by atoms with van der Waals surface area (Å²) in [6.45, 7) is 3.56. The predicted molar refractivity (Wildman–Crippen MR) is 86.0 cm³/mol. The first-order valence-electron chi connectivity index (χ1n) is 8.45. The van der Waals surface area contributed by atoms with E-state index < -0.39 is 0 Å². The second-order valence-electron chi connectivity index (χ2n) is 6.71. The zero-order chi connectivity index (χ0) is 15.3. The highest BCUT2D eigenvalue weighted by molar-refractivity contribution is 5.27. The average molecular weight is 305 g/mol. The molecule has 2 N–H and O–H groups in total. The van der Waals surface area contributed by atoms with E-state index in [-0.39, 0.29) is 11.5 Å². The minimum Gasteiger partial charge on any atom is -0.491 e. The van der Waals surface area contributed by atoms with E-state index >= 15 is 0 Å². The minimum atomic E-state index is 0.143. The molecule has 0 bridgehead atoms. The summed E-state index contributed by atoms with van der Waals surface area (Å²) in [5, 5.41) is 12.9. The second-order valence-corrected chi connectivity index (χ2v) is 6.71. The molecular weight excluding hydrogens is 278 g/mol. The first-order chi connectivity index (χ1) is 10.8. The Labute approximate surface area is 132 Å². The Morgan fingerprint density at radius 3 is 2.64 bits per heavy atom. The molecule has 0 radical (unpaired) electrons. The maximum absolute atomic E-state index is 9.45. The standard InChI is InChI=1S/C18H27NO3/c20-14-18(8-2-9-18)13-19-11-15-4-6-16(7-5-15)22-12-17-3-1-10-21-17/h4-7,17,19-20H,1-3,8-14H2. The Morgan fingerprint density at radius 1 is 1.23 bits per heavy atom. The molecule has 1 aromatic rings. The zero-order valence-electron chi connectivity index (χ0n) is 13.2. The number of rotatable bonds is 8. The molecule has 22 heavy (non-hydrogen) atoms. The first kappa shape index (κ1) is 15.8. The second kappa shape index (κ2) is 7.44. The number of hydrogen-bond acceptors (Lipinski definition) is 4. The number of aliphatic hydroxyl groups is 1. The lowest BCUT2D eigenvalue weighted by atomic mass is 9.69. The Hall–Kier alpha value is -1.10. The number of benzene rings is 1. The van der Waals surface area contributed by atoms with Gasteiger partial charge in [-0.1, -0.05) is 18.6 Å². The Kier molecular flexibility index (Phi) is 5.34. The quantitative estimate of drug-likeness (QED) is 0.775. The third-order valence-corrected chi connectivity index (χ3v) is 4.96. The molecule has 3 rings (SSSR count). The van der Waals surface area contributed by atoms with Crippen LogP contribution in [0.3, 0.4) is 0 Å². The van der Waals surface area contributed by atoms with Gasteiger partial charge < -0.3 is 19.9 Å². The van der Waals surface area contributed by atoms with Gasteiger partial charge >= 0.3 is 0 Å². The molecule has 0 aromatic heterocycles. The Balaban J connectivity index is 1.39. The molecule has 1 aliphatic heterocycles. The molecule has 2 fully saturated rings. The minimum absolute atomic E-state index is 0.143. The van der Waals surface area contributed by atoms with Gasteiger partial charge in [0.15, 0.2) is 0 Å². The van der Waals surface area contributed by atoms with Gasteiger partial charge in [-0.3, -0.25) is 0 Å². The van der Waals surface area contributed by atoms with E-state index in [1.807, 2.05) is 12.1 Å². The van der Waals surface area contributed by atoms with Crippen molar-refractivity contribution in [2.75, 3.05) is 26.4 Å². The SMILES string of the molecule is OCC1(CNCc2ccc(OCC3CCCO3)cc2)CCC1. The first-order valence-corrected chi connectivity index (χ1v) is 8.45. The molecule has 0 spiro atoms. The zero-order valence-corrected chi connectivity index (χ0v) is 13.2. The van der Waals surface area contributed by atoms with Gasteiger partial charge in [-0.2, -0.15) is 0 Å². The monoisotopic (exact) mass is 305 g/mol. The van der Waals surface area contributed by atoms with Gasteiger partial charge in [-0.05, 0) is 43.4 Å². The van der Waals surface area contributed by atoms with Crippen LogP contribution in [0.2, 0.25) is 0 Å². The molecule has 4 heteroatoms. The third-order valence-electron chi connectivity index (χ3n) is 4.96. The number of ether oxygens (including phenoxy) is 2. The summed E-state index contributed by atoms with van der Waals surface area (Å²) in [7, 11) is 0. The molecular formula is C18H27NO3. The maximum Gasteiger partial charge on any atom is 0.119 e. The summed E-state index contributed by atoms with van der Waals surface area (Å²) < 4.78 is 11.3. The smallest absolute Gasteiger partial charge is 0.119 e. The normalized spacial score (nSPS) is 23.2. The van der Waals surface area contributed by atoms with Crippen LogP contribution in [-0.4, -0.2) is 37.6 Å². The van der Waals surface area contributed by atoms with Crippen LogP contribution >= 0.6 is 0 Å². The maximum atomic E-state index is 9.45. The van der Waals surface area contributed by atoms with E-state index in [4.69, 9.17) is 9.47 Å². The van der Waals surface area contributed by atoms with Crippen LogP contribution in [0.4, 0.5) is 0 Å². The Morgan fingerprint density at radius 2 is 2.05 bits per heavy atom. The van der Waals surface area contributed by atoms with Crippen LogP contribution in [0.5, 0.6) is 5.75 Å². The van der Waals surface area contributed by atoms with E-state index in [0.717, 1.165) is 51.1 Å². The molecule has 1 saturated heterocycles. The van der Waals surface area contributed by atoms with Gasteiger partial charge in [0.25, 0.3) is 0 Å². The summed E-state index contributed by atoms with van der Waals surface area (Å²) in [4.78, 5) is 0. The molecule has 4 nitrogen and oxygen atoms in total. The fraction of sp³-hybridized carbons (Fsp3) is 0.667. The van der Waals surface area contributed by atoms with Crippen molar-refractivity contribution in [1.29, 1.82) is 0 Å². The van der Waals surface area contributed by atoms with Crippen molar-refractivity contribution < 1.29 is 14.6 Å². The average Bonchev–Trinajstić information content (AvgIpc) is 3.02. The van der Waals surface area contributed by atoms with Crippen molar-refractivity contribution in [2.24, 2.45) is 5.41 Å². The highest BCUT2D eigenvalue weighted by atomic mass is 16.5. The summed E-state index contributed by atoms with van der Waals surface area (Å²) in [5.41, 5.74) is 1.39. The van der Waals surface area contributed by atoms with Crippen LogP contribution in [0.1, 0.15) is 37.7 Å². The van der Waals surface area contributed by atoms with Crippen LogP contribution < -0.4 is 10.1 Å². The van der Waals surface area contributed by atoms with Gasteiger partial charge in [-0.25, -0.2) is 0 Å². The van der Waals surface area contributed by atoms with Crippen molar-refractivity contribution in [3.8, 4) is 5.75 Å². The Bertz CT molecular complexity index is 444. The fourth-order valence-electron chi connectivity index (χ4n) is 3.21. The number of nitrogens with one attached hydrogen (secondary N) is 1. The van der Waals surface area contributed by atoms with Gasteiger partial charge in [-0.15, -0.1) is 0 Å². The third kappa shape index (κ3) is 4.00. The fourth-order valence-corrected chi connectivity index (χ4v) is 3.21. The molecule has 2 aliphatic rings. The molecule has 1 saturated carbocycles. The lowest BCUT2D eigenvalue weighted by molar-refractivity contribution is 0.0445. The number of aliphatic hydroxyl groups excluding tert-OH is 1. The highest BCUT2D eigenvalue weighted by Crippen LogP contribution is 2.39. The summed E-state index contributed by atoms with van der Waals surface area (Å²) >= 11 is 0. The lowest BCUT2D eigenvalue weighted by Gasteiger charge is -2.40. The van der Waals surface area contributed by atoms with Crippen molar-refractivity contribution >= 4 is 0 Å². The van der Waals surface area contributed by atoms with E-state index in [1.165, 1.54) is 12.0 Å². The van der Waals surface area contributed by atoms with Crippen molar-refractivity contribution in [3.63, 3.8) is 0 Å². The molecule has 122 valence electrons. The molecule has 1 atom stereocenters. The van der Waals surface area contributed by atoms with Crippen molar-refractivity contribution in [2.45, 2.75) is 44.8 Å². The van der Waals surface area contributed by atoms with Gasteiger partial charge in [0.2, 0.25) is 0 Å². The molecule has 1 aromatic carbocycles. The van der Waals surface area contributed by atoms with E-state index in [9.17, 15) is 5.11 Å². The molecule has 1 heterocycles. The lowest BCUT2D eigenvalue weighted by Crippen LogP contribution is -2.42. The topological polar surface area (TPSA) is 50.7 Å². The van der Waals surface area contributed by atoms with Crippen LogP contribution in [0, 0.1) is 5.41 Å². The van der Waals surface area contributed by atoms with E-state index in [2.05, 4.69) is 17.4 Å². The summed E-state index contributed by atoms with van der Waals surface area (Å²) in [5.74, 6) is 0.907. The van der Waals surface area contributed by atoms with Crippen LogP contribution in [0.25, 0.3) is 0 Å². The highest BCUT2D eigenvalue weighted by Gasteiger charge is 2.35. The van der Waals surface area contributed by atoms with Gasteiger partial charge in [0, 0.05) is 31.7 Å². The van der Waals surface area contributed by atoms with E-state index in [1.54, 1.807) is 0 Å². The van der Waals surface area contributed by atoms with Gasteiger partial charge in [0.1, 0.15) is 12.4 Å². The molecule has 0 amide bonds. The summed E-state index contributed by atoms with van der Waals surface area (Å²) in [6.07, 6.45) is 6.05. The molecule has 1 aliphatic carbocycles. The van der Waals surface area contributed by atoms with Crippen LogP contribution in [-0.2, 0) is 11.3 Å². The van der Waals surface area contributed by atoms with Crippen molar-refractivity contribution in [1.82, 2.24) is 5.32 Å². The largest absolute Gasteiger partial charge is 0.491 e. The summed E-state index contributed by atoms with van der Waals surface area (Å²) in [6, 6.07) is 8.25. The molecule has 1 unspecified atom stereocenters. The number of hydrogen-bond donors (Lipinski definition) is 2. The van der Waals surface area contributed by atoms with E-state index in [0.29, 0.717) is 13.2 Å². The van der Waals surface area contributed by atoms with Gasteiger partial charge in [0.05, 0.1) is 6.10 Å². The van der Waals surface area contributed by atoms with Crippen molar-refractivity contribution in [3.05, 3.63) is 29.8 Å². The van der Waals surface area contributed by atoms with Crippen LogP contribution in [0.15, 0.2) is 24.3 Å². The predicted octanol–water partition coefficient (Wildman–Crippen LogP) is 2.50.